The topological polar surface area (TPSA) is 44.8 Å². The summed E-state index contributed by atoms with van der Waals surface area (Å²) in [5.74, 6) is 0.800. The highest BCUT2D eigenvalue weighted by Crippen LogP contribution is 2.31. The van der Waals surface area contributed by atoms with Crippen molar-refractivity contribution in [2.24, 2.45) is 0 Å². The van der Waals surface area contributed by atoms with Crippen LogP contribution in [0.1, 0.15) is 54.9 Å². The van der Waals surface area contributed by atoms with Crippen molar-refractivity contribution in [3.05, 3.63) is 29.3 Å². The molecule has 22 heavy (non-hydrogen) atoms. The van der Waals surface area contributed by atoms with Gasteiger partial charge in [0.25, 0.3) is 0 Å². The number of fused-ring (bicyclic) bond motifs is 1. The molecule has 1 aromatic carbocycles. The molecule has 1 unspecified atom stereocenters. The minimum Gasteiger partial charge on any atom is -0.497 e. The van der Waals surface area contributed by atoms with E-state index >= 15 is 0 Å². The van der Waals surface area contributed by atoms with Gasteiger partial charge in [-0.1, -0.05) is 18.6 Å². The standard InChI is InChI=1S/C18H24O4/c1-13-9-7-5-4-6-8-10-14-11-15(20-2)12-16(21-3)17(14)18(19)22-13/h8,10-13H,4-7,9H2,1-3H3/b10-8+. The van der Waals surface area contributed by atoms with E-state index in [1.807, 2.05) is 19.1 Å². The van der Waals surface area contributed by atoms with E-state index in [-0.39, 0.29) is 12.1 Å². The highest BCUT2D eigenvalue weighted by atomic mass is 16.5. The van der Waals surface area contributed by atoms with Crippen LogP contribution in [0.5, 0.6) is 11.5 Å². The summed E-state index contributed by atoms with van der Waals surface area (Å²) in [4.78, 5) is 12.5. The molecule has 0 amide bonds. The Hall–Kier alpha value is -1.97. The molecule has 0 saturated carbocycles. The number of allylic oxidation sites excluding steroid dienone is 1. The van der Waals surface area contributed by atoms with Crippen LogP contribution in [0.15, 0.2) is 18.2 Å². The van der Waals surface area contributed by atoms with Crippen molar-refractivity contribution >= 4 is 12.0 Å². The molecule has 1 aromatic rings. The molecule has 0 saturated heterocycles. The Bertz CT molecular complexity index is 548. The molecule has 120 valence electrons. The third-order valence-electron chi connectivity index (χ3n) is 3.85. The summed E-state index contributed by atoms with van der Waals surface area (Å²) in [5, 5.41) is 0. The van der Waals surface area contributed by atoms with Gasteiger partial charge in [0.05, 0.1) is 20.3 Å². The van der Waals surface area contributed by atoms with Gasteiger partial charge in [0, 0.05) is 6.07 Å². The largest absolute Gasteiger partial charge is 0.497 e. The minimum atomic E-state index is -0.341. The molecule has 4 nitrogen and oxygen atoms in total. The van der Waals surface area contributed by atoms with Gasteiger partial charge in [-0.3, -0.25) is 0 Å². The van der Waals surface area contributed by atoms with Gasteiger partial charge in [-0.15, -0.1) is 0 Å². The van der Waals surface area contributed by atoms with Crippen LogP contribution in [0.3, 0.4) is 0 Å². The van der Waals surface area contributed by atoms with Crippen LogP contribution < -0.4 is 9.47 Å². The summed E-state index contributed by atoms with van der Waals surface area (Å²) < 4.78 is 16.2. The van der Waals surface area contributed by atoms with E-state index in [2.05, 4.69) is 6.08 Å². The number of benzene rings is 1. The Morgan fingerprint density at radius 1 is 1.14 bits per heavy atom. The van der Waals surface area contributed by atoms with Gasteiger partial charge in [0.1, 0.15) is 17.1 Å². The average molecular weight is 304 g/mol. The maximum Gasteiger partial charge on any atom is 0.342 e. The summed E-state index contributed by atoms with van der Waals surface area (Å²) in [6.45, 7) is 1.94. The normalized spacial score (nSPS) is 20.9. The summed E-state index contributed by atoms with van der Waals surface area (Å²) in [6.07, 6.45) is 9.23. The zero-order valence-corrected chi connectivity index (χ0v) is 13.6. The highest BCUT2D eigenvalue weighted by molar-refractivity contribution is 5.97. The van der Waals surface area contributed by atoms with Gasteiger partial charge in [-0.25, -0.2) is 4.79 Å². The number of hydrogen-bond donors (Lipinski definition) is 0. The first-order valence-electron chi connectivity index (χ1n) is 7.79. The van der Waals surface area contributed by atoms with Crippen molar-refractivity contribution in [1.29, 1.82) is 0 Å². The second-order valence-corrected chi connectivity index (χ2v) is 5.55. The molecule has 2 rings (SSSR count). The van der Waals surface area contributed by atoms with E-state index in [1.54, 1.807) is 20.3 Å². The third-order valence-corrected chi connectivity index (χ3v) is 3.85. The first-order chi connectivity index (χ1) is 10.7. The first-order valence-corrected chi connectivity index (χ1v) is 7.79. The fraction of sp³-hybridized carbons (Fsp3) is 0.500. The number of methoxy groups -OCH3 is 2. The zero-order chi connectivity index (χ0) is 15.9. The Morgan fingerprint density at radius 2 is 1.95 bits per heavy atom. The van der Waals surface area contributed by atoms with Crippen molar-refractivity contribution in [2.45, 2.75) is 45.1 Å². The molecule has 0 aromatic heterocycles. The van der Waals surface area contributed by atoms with Gasteiger partial charge < -0.3 is 14.2 Å². The lowest BCUT2D eigenvalue weighted by atomic mass is 10.0. The van der Waals surface area contributed by atoms with Gasteiger partial charge in [-0.05, 0) is 44.2 Å². The molecule has 1 atom stereocenters. The van der Waals surface area contributed by atoms with Crippen molar-refractivity contribution in [3.63, 3.8) is 0 Å². The van der Waals surface area contributed by atoms with Crippen LogP contribution in [0.4, 0.5) is 0 Å². The van der Waals surface area contributed by atoms with E-state index < -0.39 is 0 Å². The molecule has 0 N–H and O–H groups in total. The van der Waals surface area contributed by atoms with E-state index in [9.17, 15) is 4.79 Å². The predicted octanol–water partition coefficient (Wildman–Crippen LogP) is 4.23. The molecule has 4 heteroatoms. The van der Waals surface area contributed by atoms with Crippen LogP contribution in [0.25, 0.3) is 6.08 Å². The third kappa shape index (κ3) is 4.03. The molecule has 0 radical (unpaired) electrons. The first kappa shape index (κ1) is 16.4. The minimum absolute atomic E-state index is 0.0874. The average Bonchev–Trinajstić information content (AvgIpc) is 2.51. The number of carbonyl (C=O) groups excluding carboxylic acids is 1. The maximum absolute atomic E-state index is 12.5. The summed E-state index contributed by atoms with van der Waals surface area (Å²) in [5.41, 5.74) is 1.24. The lowest BCUT2D eigenvalue weighted by molar-refractivity contribution is 0.0315. The van der Waals surface area contributed by atoms with E-state index in [0.717, 1.165) is 37.7 Å². The Kier molecular flexibility index (Phi) is 5.87. The second-order valence-electron chi connectivity index (χ2n) is 5.55. The number of hydrogen-bond acceptors (Lipinski definition) is 4. The monoisotopic (exact) mass is 304 g/mol. The molecular weight excluding hydrogens is 280 g/mol. The number of carbonyl (C=O) groups is 1. The fourth-order valence-electron chi connectivity index (χ4n) is 2.62. The van der Waals surface area contributed by atoms with Crippen molar-refractivity contribution in [3.8, 4) is 11.5 Å². The van der Waals surface area contributed by atoms with Crippen LogP contribution in [-0.4, -0.2) is 26.3 Å². The number of rotatable bonds is 2. The smallest absolute Gasteiger partial charge is 0.342 e. The van der Waals surface area contributed by atoms with Crippen molar-refractivity contribution in [2.75, 3.05) is 14.2 Å². The van der Waals surface area contributed by atoms with Crippen molar-refractivity contribution in [1.82, 2.24) is 0 Å². The molecular formula is C18H24O4. The lowest BCUT2D eigenvalue weighted by Crippen LogP contribution is -2.17. The molecule has 0 bridgehead atoms. The molecule has 0 aliphatic carbocycles. The van der Waals surface area contributed by atoms with E-state index in [4.69, 9.17) is 14.2 Å². The van der Waals surface area contributed by atoms with Gasteiger partial charge in [0.15, 0.2) is 0 Å². The summed E-state index contributed by atoms with van der Waals surface area (Å²) in [7, 11) is 3.15. The van der Waals surface area contributed by atoms with Crippen LogP contribution in [0, 0.1) is 0 Å². The highest BCUT2D eigenvalue weighted by Gasteiger charge is 2.21. The summed E-state index contributed by atoms with van der Waals surface area (Å²) in [6, 6.07) is 3.55. The Morgan fingerprint density at radius 3 is 2.68 bits per heavy atom. The van der Waals surface area contributed by atoms with Crippen LogP contribution >= 0.6 is 0 Å². The molecule has 1 heterocycles. The molecule has 1 aliphatic heterocycles. The SMILES string of the molecule is COc1cc2c(c(OC)c1)C(=O)OC(C)CCCCC/C=C/2. The predicted molar refractivity (Wildman–Crippen MR) is 86.5 cm³/mol. The zero-order valence-electron chi connectivity index (χ0n) is 13.6. The molecule has 1 aliphatic rings. The molecule has 0 fully saturated rings. The van der Waals surface area contributed by atoms with Crippen LogP contribution in [0.2, 0.25) is 0 Å². The van der Waals surface area contributed by atoms with Crippen molar-refractivity contribution < 1.29 is 19.0 Å². The second kappa shape index (κ2) is 7.87. The number of esters is 1. The van der Waals surface area contributed by atoms with Crippen LogP contribution in [-0.2, 0) is 4.74 Å². The van der Waals surface area contributed by atoms with E-state index in [0.29, 0.717) is 17.1 Å². The quantitative estimate of drug-likeness (QED) is 0.767. The Labute approximate surface area is 132 Å². The van der Waals surface area contributed by atoms with Gasteiger partial charge in [0.2, 0.25) is 0 Å². The Balaban J connectivity index is 2.46. The van der Waals surface area contributed by atoms with E-state index in [1.165, 1.54) is 0 Å². The summed E-state index contributed by atoms with van der Waals surface area (Å²) >= 11 is 0. The lowest BCUT2D eigenvalue weighted by Gasteiger charge is -2.17. The number of ether oxygens (including phenoxy) is 3. The number of cyclic esters (lactones) is 1. The maximum atomic E-state index is 12.5. The fourth-order valence-corrected chi connectivity index (χ4v) is 2.62. The molecule has 0 spiro atoms. The van der Waals surface area contributed by atoms with Gasteiger partial charge in [-0.2, -0.15) is 0 Å². The van der Waals surface area contributed by atoms with Gasteiger partial charge >= 0.3 is 5.97 Å².